The van der Waals surface area contributed by atoms with Crippen molar-refractivity contribution < 1.29 is 9.59 Å². The third-order valence-corrected chi connectivity index (χ3v) is 3.18. The molecule has 1 heterocycles. The van der Waals surface area contributed by atoms with E-state index in [1.807, 2.05) is 33.8 Å². The Bertz CT molecular complexity index is 471. The molecule has 21 heavy (non-hydrogen) atoms. The number of nitrogens with zero attached hydrogens (tertiary/aromatic N) is 1. The number of hydrogen-bond acceptors (Lipinski definition) is 3. The molecule has 3 amide bonds. The summed E-state index contributed by atoms with van der Waals surface area (Å²) >= 11 is 0. The van der Waals surface area contributed by atoms with Gasteiger partial charge in [-0.2, -0.15) is 0 Å². The zero-order chi connectivity index (χ0) is 15.8. The van der Waals surface area contributed by atoms with Crippen LogP contribution in [0.15, 0.2) is 18.3 Å². The van der Waals surface area contributed by atoms with E-state index in [4.69, 9.17) is 0 Å². The highest BCUT2D eigenvalue weighted by molar-refractivity contribution is 5.90. The predicted molar refractivity (Wildman–Crippen MR) is 83.1 cm³/mol. The second kappa shape index (κ2) is 8.24. The van der Waals surface area contributed by atoms with Crippen molar-refractivity contribution in [3.8, 4) is 0 Å². The van der Waals surface area contributed by atoms with Crippen LogP contribution >= 0.6 is 0 Å². The first-order chi connectivity index (χ1) is 9.88. The van der Waals surface area contributed by atoms with Gasteiger partial charge in [0.1, 0.15) is 5.82 Å². The normalized spacial score (nSPS) is 11.9. The molecule has 0 aliphatic rings. The molecule has 3 N–H and O–H groups in total. The topological polar surface area (TPSA) is 83.1 Å². The molecule has 0 radical (unpaired) electrons. The summed E-state index contributed by atoms with van der Waals surface area (Å²) in [7, 11) is 0. The molecule has 0 aliphatic carbocycles. The van der Waals surface area contributed by atoms with Crippen LogP contribution in [-0.4, -0.2) is 29.5 Å². The van der Waals surface area contributed by atoms with Crippen molar-refractivity contribution in [3.05, 3.63) is 23.9 Å². The molecule has 0 unspecified atom stereocenters. The Hall–Kier alpha value is -2.11. The minimum absolute atomic E-state index is 0.0931. The Balaban J connectivity index is 2.24. The summed E-state index contributed by atoms with van der Waals surface area (Å²) in [5.74, 6) is 0.707. The molecule has 1 aromatic heterocycles. The first-order valence-corrected chi connectivity index (χ1v) is 7.15. The highest BCUT2D eigenvalue weighted by atomic mass is 16.2. The van der Waals surface area contributed by atoms with Crippen molar-refractivity contribution in [3.63, 3.8) is 0 Å². The fourth-order valence-corrected chi connectivity index (χ4v) is 1.46. The quantitative estimate of drug-likeness (QED) is 0.750. The van der Waals surface area contributed by atoms with Crippen LogP contribution in [0.25, 0.3) is 0 Å². The molecular formula is C15H24N4O2. The summed E-state index contributed by atoms with van der Waals surface area (Å²) in [5, 5.41) is 8.16. The van der Waals surface area contributed by atoms with Crippen LogP contribution in [0.2, 0.25) is 0 Å². The zero-order valence-corrected chi connectivity index (χ0v) is 13.1. The van der Waals surface area contributed by atoms with Gasteiger partial charge in [-0.05, 0) is 31.4 Å². The molecule has 0 saturated carbocycles. The van der Waals surface area contributed by atoms with Gasteiger partial charge >= 0.3 is 6.03 Å². The van der Waals surface area contributed by atoms with Crippen molar-refractivity contribution >= 4 is 17.8 Å². The van der Waals surface area contributed by atoms with Gasteiger partial charge < -0.3 is 16.0 Å². The maximum atomic E-state index is 11.7. The van der Waals surface area contributed by atoms with E-state index in [0.29, 0.717) is 11.7 Å². The lowest BCUT2D eigenvalue weighted by atomic mass is 10.1. The van der Waals surface area contributed by atoms with Crippen molar-refractivity contribution in [2.75, 3.05) is 11.9 Å². The number of carbonyl (C=O) groups excluding carboxylic acids is 2. The van der Waals surface area contributed by atoms with Crippen LogP contribution in [0.1, 0.15) is 32.8 Å². The van der Waals surface area contributed by atoms with Crippen molar-refractivity contribution in [2.24, 2.45) is 5.92 Å². The average molecular weight is 292 g/mol. The van der Waals surface area contributed by atoms with Gasteiger partial charge in [0, 0.05) is 25.2 Å². The van der Waals surface area contributed by atoms with Crippen LogP contribution in [-0.2, 0) is 4.79 Å². The third kappa shape index (κ3) is 6.74. The second-order valence-corrected chi connectivity index (χ2v) is 5.45. The number of hydrogen-bond donors (Lipinski definition) is 3. The maximum absolute atomic E-state index is 11.7. The summed E-state index contributed by atoms with van der Waals surface area (Å²) in [5.41, 5.74) is 1.03. The van der Waals surface area contributed by atoms with Gasteiger partial charge in [0.05, 0.1) is 0 Å². The third-order valence-electron chi connectivity index (χ3n) is 3.18. The number of pyridine rings is 1. The highest BCUT2D eigenvalue weighted by Gasteiger charge is 2.10. The van der Waals surface area contributed by atoms with Crippen LogP contribution in [0.4, 0.5) is 10.6 Å². The number of urea groups is 1. The Morgan fingerprint density at radius 1 is 1.24 bits per heavy atom. The molecule has 0 spiro atoms. The van der Waals surface area contributed by atoms with E-state index in [2.05, 4.69) is 20.9 Å². The van der Waals surface area contributed by atoms with Crippen molar-refractivity contribution in [1.29, 1.82) is 0 Å². The molecule has 0 aromatic carbocycles. The van der Waals surface area contributed by atoms with Crippen LogP contribution < -0.4 is 16.0 Å². The molecule has 0 fully saturated rings. The van der Waals surface area contributed by atoms with E-state index in [-0.39, 0.29) is 30.9 Å². The molecule has 6 nitrogen and oxygen atoms in total. The number of carbonyl (C=O) groups is 2. The van der Waals surface area contributed by atoms with Crippen molar-refractivity contribution in [2.45, 2.75) is 40.2 Å². The van der Waals surface area contributed by atoms with E-state index >= 15 is 0 Å². The lowest BCUT2D eigenvalue weighted by Crippen LogP contribution is -2.43. The Labute approximate surface area is 125 Å². The molecule has 116 valence electrons. The maximum Gasteiger partial charge on any atom is 0.315 e. The summed E-state index contributed by atoms with van der Waals surface area (Å²) in [6.07, 6.45) is 1.90. The summed E-state index contributed by atoms with van der Waals surface area (Å²) < 4.78 is 0. The van der Waals surface area contributed by atoms with E-state index in [0.717, 1.165) is 5.56 Å². The predicted octanol–water partition coefficient (Wildman–Crippen LogP) is 2.06. The minimum atomic E-state index is -0.252. The van der Waals surface area contributed by atoms with Gasteiger partial charge in [-0.1, -0.05) is 19.9 Å². The minimum Gasteiger partial charge on any atom is -0.338 e. The summed E-state index contributed by atoms with van der Waals surface area (Å²) in [6.45, 7) is 8.23. The molecule has 0 saturated heterocycles. The van der Waals surface area contributed by atoms with Gasteiger partial charge in [0.15, 0.2) is 0 Å². The van der Waals surface area contributed by atoms with Gasteiger partial charge in [0.2, 0.25) is 5.91 Å². The Morgan fingerprint density at radius 2 is 1.95 bits per heavy atom. The Kier molecular flexibility index (Phi) is 6.65. The average Bonchev–Trinajstić information content (AvgIpc) is 2.41. The molecule has 6 heteroatoms. The summed E-state index contributed by atoms with van der Waals surface area (Å²) in [4.78, 5) is 27.3. The zero-order valence-electron chi connectivity index (χ0n) is 13.1. The molecule has 0 bridgehead atoms. The fourth-order valence-electron chi connectivity index (χ4n) is 1.46. The molecule has 1 rings (SSSR count). The molecule has 0 aliphatic heterocycles. The van der Waals surface area contributed by atoms with Gasteiger partial charge in [-0.3, -0.25) is 4.79 Å². The van der Waals surface area contributed by atoms with Gasteiger partial charge in [-0.15, -0.1) is 0 Å². The molecule has 1 aromatic rings. The number of nitrogens with one attached hydrogen (secondary N) is 3. The molecular weight excluding hydrogens is 268 g/mol. The van der Waals surface area contributed by atoms with Gasteiger partial charge in [0.25, 0.3) is 0 Å². The largest absolute Gasteiger partial charge is 0.338 e. The lowest BCUT2D eigenvalue weighted by molar-refractivity contribution is -0.116. The smallest absolute Gasteiger partial charge is 0.315 e. The highest BCUT2D eigenvalue weighted by Crippen LogP contribution is 2.04. The van der Waals surface area contributed by atoms with Crippen LogP contribution in [0, 0.1) is 12.8 Å². The standard InChI is InChI=1S/C15H24N4O2/c1-10(2)12(4)18-15(21)16-8-7-14(20)19-13-6-5-11(3)9-17-13/h5-6,9-10,12H,7-8H2,1-4H3,(H2,16,18,21)(H,17,19,20)/t12-/m1/s1. The first kappa shape index (κ1) is 16.9. The van der Waals surface area contributed by atoms with Crippen LogP contribution in [0.3, 0.4) is 0 Å². The second-order valence-electron chi connectivity index (χ2n) is 5.45. The number of anilines is 1. The summed E-state index contributed by atoms with van der Waals surface area (Å²) in [6, 6.07) is 3.47. The SMILES string of the molecule is Cc1ccc(NC(=O)CCNC(=O)N[C@H](C)C(C)C)nc1. The van der Waals surface area contributed by atoms with E-state index in [1.165, 1.54) is 0 Å². The first-order valence-electron chi connectivity index (χ1n) is 7.15. The number of aromatic nitrogens is 1. The monoisotopic (exact) mass is 292 g/mol. The van der Waals surface area contributed by atoms with Gasteiger partial charge in [-0.25, -0.2) is 9.78 Å². The van der Waals surface area contributed by atoms with E-state index < -0.39 is 0 Å². The number of rotatable bonds is 6. The molecule has 1 atom stereocenters. The lowest BCUT2D eigenvalue weighted by Gasteiger charge is -2.17. The fraction of sp³-hybridized carbons (Fsp3) is 0.533. The van der Waals surface area contributed by atoms with Crippen LogP contribution in [0.5, 0.6) is 0 Å². The van der Waals surface area contributed by atoms with Crippen molar-refractivity contribution in [1.82, 2.24) is 15.6 Å². The van der Waals surface area contributed by atoms with E-state index in [1.54, 1.807) is 12.3 Å². The Morgan fingerprint density at radius 3 is 2.52 bits per heavy atom. The number of aryl methyl sites for hydroxylation is 1. The van der Waals surface area contributed by atoms with E-state index in [9.17, 15) is 9.59 Å². The number of amides is 3.